The summed E-state index contributed by atoms with van der Waals surface area (Å²) in [6, 6.07) is 18.1. The highest BCUT2D eigenvalue weighted by Crippen LogP contribution is 2.30. The minimum atomic E-state index is -0.0249. The summed E-state index contributed by atoms with van der Waals surface area (Å²) < 4.78 is 5.92. The first-order valence-electron chi connectivity index (χ1n) is 9.62. The molecular formula is C23H25N3O2S. The molecule has 0 bridgehead atoms. The number of carbonyl (C=O) groups is 1. The number of aromatic nitrogens is 2. The van der Waals surface area contributed by atoms with Crippen molar-refractivity contribution < 1.29 is 9.53 Å². The number of hydrogen-bond acceptors (Lipinski definition) is 5. The zero-order valence-corrected chi connectivity index (χ0v) is 17.5. The molecule has 3 rings (SSSR count). The molecule has 0 saturated carbocycles. The number of amides is 1. The number of hydrogen-bond donors (Lipinski definition) is 1. The van der Waals surface area contributed by atoms with Crippen LogP contribution in [0.25, 0.3) is 0 Å². The SMILES string of the molecule is Cc1ccccc1Oc1nccnc1SCC(=O)N[C@H](C)CCc1ccccc1. The molecule has 1 atom stereocenters. The molecule has 0 aliphatic heterocycles. The minimum absolute atomic E-state index is 0.0249. The van der Waals surface area contributed by atoms with Gasteiger partial charge in [0.15, 0.2) is 5.03 Å². The minimum Gasteiger partial charge on any atom is -0.436 e. The summed E-state index contributed by atoms with van der Waals surface area (Å²) in [7, 11) is 0. The summed E-state index contributed by atoms with van der Waals surface area (Å²) in [5.74, 6) is 1.38. The second-order valence-corrected chi connectivity index (χ2v) is 7.78. The van der Waals surface area contributed by atoms with Gasteiger partial charge in [-0.25, -0.2) is 9.97 Å². The van der Waals surface area contributed by atoms with Gasteiger partial charge in [0.05, 0.1) is 5.75 Å². The van der Waals surface area contributed by atoms with Crippen molar-refractivity contribution in [3.8, 4) is 11.6 Å². The van der Waals surface area contributed by atoms with Gasteiger partial charge in [-0.3, -0.25) is 4.79 Å². The van der Waals surface area contributed by atoms with Gasteiger partial charge in [-0.1, -0.05) is 60.3 Å². The Hall–Kier alpha value is -2.86. The molecule has 0 unspecified atom stereocenters. The van der Waals surface area contributed by atoms with Gasteiger partial charge >= 0.3 is 0 Å². The third-order valence-corrected chi connectivity index (χ3v) is 5.35. The van der Waals surface area contributed by atoms with E-state index in [9.17, 15) is 4.79 Å². The van der Waals surface area contributed by atoms with Crippen LogP contribution in [0.4, 0.5) is 0 Å². The average molecular weight is 408 g/mol. The van der Waals surface area contributed by atoms with Crippen LogP contribution < -0.4 is 10.1 Å². The number of carbonyl (C=O) groups excluding carboxylic acids is 1. The summed E-state index contributed by atoms with van der Waals surface area (Å²) in [5, 5.41) is 3.65. The lowest BCUT2D eigenvalue weighted by Crippen LogP contribution is -2.34. The molecule has 6 heteroatoms. The maximum Gasteiger partial charge on any atom is 0.252 e. The monoisotopic (exact) mass is 407 g/mol. The van der Waals surface area contributed by atoms with Crippen molar-refractivity contribution in [1.29, 1.82) is 0 Å². The molecule has 5 nitrogen and oxygen atoms in total. The Bertz CT molecular complexity index is 934. The van der Waals surface area contributed by atoms with E-state index in [1.54, 1.807) is 12.4 Å². The Kier molecular flexibility index (Phi) is 7.64. The van der Waals surface area contributed by atoms with Gasteiger partial charge in [0.1, 0.15) is 5.75 Å². The molecule has 0 radical (unpaired) electrons. The fourth-order valence-corrected chi connectivity index (χ4v) is 3.51. The van der Waals surface area contributed by atoms with Gasteiger partial charge in [-0.15, -0.1) is 0 Å². The molecule has 1 heterocycles. The third kappa shape index (κ3) is 6.61. The van der Waals surface area contributed by atoms with E-state index in [1.165, 1.54) is 17.3 Å². The van der Waals surface area contributed by atoms with Gasteiger partial charge in [0, 0.05) is 18.4 Å². The summed E-state index contributed by atoms with van der Waals surface area (Å²) >= 11 is 1.33. The molecule has 150 valence electrons. The zero-order valence-electron chi connectivity index (χ0n) is 16.7. The topological polar surface area (TPSA) is 64.1 Å². The van der Waals surface area contributed by atoms with Gasteiger partial charge in [-0.05, 0) is 43.9 Å². The van der Waals surface area contributed by atoms with Gasteiger partial charge in [-0.2, -0.15) is 0 Å². The van der Waals surface area contributed by atoms with E-state index in [0.29, 0.717) is 10.9 Å². The third-order valence-electron chi connectivity index (χ3n) is 4.39. The van der Waals surface area contributed by atoms with Gasteiger partial charge < -0.3 is 10.1 Å². The van der Waals surface area contributed by atoms with Crippen LogP contribution in [-0.2, 0) is 11.2 Å². The molecule has 0 spiro atoms. The quantitative estimate of drug-likeness (QED) is 0.516. The normalized spacial score (nSPS) is 11.7. The highest BCUT2D eigenvalue weighted by atomic mass is 32.2. The fraction of sp³-hybridized carbons (Fsp3) is 0.261. The number of para-hydroxylation sites is 1. The van der Waals surface area contributed by atoms with Crippen molar-refractivity contribution in [2.75, 3.05) is 5.75 Å². The van der Waals surface area contributed by atoms with Crippen molar-refractivity contribution in [3.63, 3.8) is 0 Å². The Morgan fingerprint density at radius 1 is 1.07 bits per heavy atom. The van der Waals surface area contributed by atoms with Crippen LogP contribution >= 0.6 is 11.8 Å². The van der Waals surface area contributed by atoms with Crippen LogP contribution in [0.3, 0.4) is 0 Å². The summed E-state index contributed by atoms with van der Waals surface area (Å²) in [6.45, 7) is 4.00. The lowest BCUT2D eigenvalue weighted by molar-refractivity contribution is -0.119. The van der Waals surface area contributed by atoms with Crippen LogP contribution in [0.2, 0.25) is 0 Å². The molecule has 1 aromatic heterocycles. The van der Waals surface area contributed by atoms with E-state index in [0.717, 1.165) is 24.2 Å². The molecule has 0 saturated heterocycles. The van der Waals surface area contributed by atoms with Crippen molar-refractivity contribution in [3.05, 3.63) is 78.1 Å². The first-order chi connectivity index (χ1) is 14.1. The molecule has 29 heavy (non-hydrogen) atoms. The maximum absolute atomic E-state index is 12.3. The second kappa shape index (κ2) is 10.6. The Balaban J connectivity index is 1.50. The standard InChI is InChI=1S/C23H25N3O2S/c1-17-8-6-7-11-20(17)28-22-23(25-15-14-24-22)29-16-21(27)26-18(2)12-13-19-9-4-3-5-10-19/h3-11,14-15,18H,12-13,16H2,1-2H3,(H,26,27)/t18-/m1/s1. The van der Waals surface area contributed by atoms with E-state index in [-0.39, 0.29) is 17.7 Å². The highest BCUT2D eigenvalue weighted by Gasteiger charge is 2.13. The summed E-state index contributed by atoms with van der Waals surface area (Å²) in [6.07, 6.45) is 5.03. The number of rotatable bonds is 9. The average Bonchev–Trinajstić information content (AvgIpc) is 2.74. The molecule has 1 amide bonds. The Labute approximate surface area is 175 Å². The van der Waals surface area contributed by atoms with E-state index >= 15 is 0 Å². The van der Waals surface area contributed by atoms with Crippen molar-refractivity contribution in [2.45, 2.75) is 37.8 Å². The zero-order chi connectivity index (χ0) is 20.5. The van der Waals surface area contributed by atoms with Gasteiger partial charge in [0.25, 0.3) is 5.88 Å². The fourth-order valence-electron chi connectivity index (χ4n) is 2.81. The maximum atomic E-state index is 12.3. The first-order valence-corrected chi connectivity index (χ1v) is 10.6. The lowest BCUT2D eigenvalue weighted by atomic mass is 10.1. The predicted octanol–water partition coefficient (Wildman–Crippen LogP) is 4.81. The van der Waals surface area contributed by atoms with Crippen molar-refractivity contribution >= 4 is 17.7 Å². The molecule has 0 aliphatic carbocycles. The van der Waals surface area contributed by atoms with Gasteiger partial charge in [0.2, 0.25) is 5.91 Å². The molecule has 0 aliphatic rings. The molecule has 2 aromatic carbocycles. The number of nitrogens with one attached hydrogen (secondary N) is 1. The summed E-state index contributed by atoms with van der Waals surface area (Å²) in [5.41, 5.74) is 2.29. The number of benzene rings is 2. The number of nitrogens with zero attached hydrogens (tertiary/aromatic N) is 2. The van der Waals surface area contributed by atoms with E-state index in [1.807, 2.05) is 56.3 Å². The number of aryl methyl sites for hydroxylation is 2. The predicted molar refractivity (Wildman–Crippen MR) is 116 cm³/mol. The van der Waals surface area contributed by atoms with Crippen LogP contribution in [-0.4, -0.2) is 27.7 Å². The molecule has 0 fully saturated rings. The largest absolute Gasteiger partial charge is 0.436 e. The highest BCUT2D eigenvalue weighted by molar-refractivity contribution is 8.00. The van der Waals surface area contributed by atoms with Crippen molar-refractivity contribution in [1.82, 2.24) is 15.3 Å². The van der Waals surface area contributed by atoms with Crippen LogP contribution in [0.15, 0.2) is 72.0 Å². The molecular weight excluding hydrogens is 382 g/mol. The van der Waals surface area contributed by atoms with Crippen molar-refractivity contribution in [2.24, 2.45) is 0 Å². The van der Waals surface area contributed by atoms with Crippen LogP contribution in [0.1, 0.15) is 24.5 Å². The number of ether oxygens (including phenoxy) is 1. The smallest absolute Gasteiger partial charge is 0.252 e. The van der Waals surface area contributed by atoms with Crippen LogP contribution in [0, 0.1) is 6.92 Å². The lowest BCUT2D eigenvalue weighted by Gasteiger charge is -2.14. The molecule has 1 N–H and O–H groups in total. The Morgan fingerprint density at radius 3 is 2.59 bits per heavy atom. The Morgan fingerprint density at radius 2 is 1.79 bits per heavy atom. The molecule has 3 aromatic rings. The van der Waals surface area contributed by atoms with E-state index < -0.39 is 0 Å². The van der Waals surface area contributed by atoms with E-state index in [4.69, 9.17) is 4.74 Å². The second-order valence-electron chi connectivity index (χ2n) is 6.82. The summed E-state index contributed by atoms with van der Waals surface area (Å²) in [4.78, 5) is 20.9. The van der Waals surface area contributed by atoms with E-state index in [2.05, 4.69) is 27.4 Å². The van der Waals surface area contributed by atoms with Crippen LogP contribution in [0.5, 0.6) is 11.6 Å². The number of thioether (sulfide) groups is 1. The first kappa shape index (κ1) is 20.9.